The van der Waals surface area contributed by atoms with Gasteiger partial charge in [0.25, 0.3) is 5.91 Å². The average molecular weight is 381 g/mol. The number of carbonyl (C=O) groups excluding carboxylic acids is 2. The van der Waals surface area contributed by atoms with Crippen molar-refractivity contribution in [3.05, 3.63) is 0 Å². The Morgan fingerprint density at radius 2 is 1.52 bits per heavy atom. The van der Waals surface area contributed by atoms with Crippen LogP contribution in [0.3, 0.4) is 0 Å². The lowest BCUT2D eigenvalue weighted by atomic mass is 9.70. The van der Waals surface area contributed by atoms with Gasteiger partial charge in [-0.2, -0.15) is 0 Å². The van der Waals surface area contributed by atoms with E-state index in [1.807, 2.05) is 0 Å². The first-order valence-electron chi connectivity index (χ1n) is 10.5. The molecule has 1 saturated heterocycles. The third-order valence-electron chi connectivity index (χ3n) is 6.19. The van der Waals surface area contributed by atoms with Gasteiger partial charge < -0.3 is 15.4 Å². The van der Waals surface area contributed by atoms with Crippen LogP contribution >= 0.6 is 0 Å². The summed E-state index contributed by atoms with van der Waals surface area (Å²) in [5, 5.41) is 6.66. The van der Waals surface area contributed by atoms with Crippen LogP contribution in [0.1, 0.15) is 87.0 Å². The molecule has 1 saturated carbocycles. The summed E-state index contributed by atoms with van der Waals surface area (Å²) in [6.07, 6.45) is 5.61. The SMILES string of the molecule is CC1(C)CC(NC(=O)COC(=O)C2CCC(C(C)(C)C)CC2)CC(C)(C)N1. The van der Waals surface area contributed by atoms with Gasteiger partial charge in [0.05, 0.1) is 5.92 Å². The smallest absolute Gasteiger partial charge is 0.309 e. The molecule has 0 bridgehead atoms. The summed E-state index contributed by atoms with van der Waals surface area (Å²) in [4.78, 5) is 24.6. The Labute approximate surface area is 165 Å². The van der Waals surface area contributed by atoms with Crippen LogP contribution in [-0.4, -0.2) is 35.6 Å². The lowest BCUT2D eigenvalue weighted by Gasteiger charge is -2.46. The number of amides is 1. The van der Waals surface area contributed by atoms with Crippen molar-refractivity contribution in [2.24, 2.45) is 17.3 Å². The second-order valence-corrected chi connectivity index (χ2v) is 11.1. The third kappa shape index (κ3) is 6.78. The molecule has 0 aromatic carbocycles. The lowest BCUT2D eigenvalue weighted by molar-refractivity contribution is -0.154. The molecule has 2 rings (SSSR count). The van der Waals surface area contributed by atoms with E-state index < -0.39 is 0 Å². The molecule has 2 N–H and O–H groups in total. The highest BCUT2D eigenvalue weighted by Crippen LogP contribution is 2.40. The summed E-state index contributed by atoms with van der Waals surface area (Å²) in [7, 11) is 0. The van der Waals surface area contributed by atoms with Gasteiger partial charge in [-0.25, -0.2) is 0 Å². The molecular formula is C22H40N2O3. The molecule has 5 heteroatoms. The molecule has 0 aromatic rings. The van der Waals surface area contributed by atoms with E-state index in [9.17, 15) is 9.59 Å². The first-order valence-corrected chi connectivity index (χ1v) is 10.5. The zero-order valence-electron chi connectivity index (χ0n) is 18.4. The quantitative estimate of drug-likeness (QED) is 0.728. The van der Waals surface area contributed by atoms with Crippen molar-refractivity contribution in [1.29, 1.82) is 0 Å². The Kier molecular flexibility index (Phi) is 6.66. The number of carbonyl (C=O) groups is 2. The highest BCUT2D eigenvalue weighted by Gasteiger charge is 2.38. The van der Waals surface area contributed by atoms with Crippen LogP contribution in [0.2, 0.25) is 0 Å². The fourth-order valence-corrected chi connectivity index (χ4v) is 5.14. The van der Waals surface area contributed by atoms with Crippen molar-refractivity contribution in [3.8, 4) is 0 Å². The van der Waals surface area contributed by atoms with Crippen molar-refractivity contribution in [2.45, 2.75) is 104 Å². The van der Waals surface area contributed by atoms with E-state index in [0.717, 1.165) is 38.5 Å². The molecule has 156 valence electrons. The monoisotopic (exact) mass is 380 g/mol. The fraction of sp³-hybridized carbons (Fsp3) is 0.909. The van der Waals surface area contributed by atoms with Crippen LogP contribution in [0.15, 0.2) is 0 Å². The van der Waals surface area contributed by atoms with Gasteiger partial charge in [0.2, 0.25) is 0 Å². The second-order valence-electron chi connectivity index (χ2n) is 11.1. The second kappa shape index (κ2) is 8.10. The molecule has 0 aromatic heterocycles. The van der Waals surface area contributed by atoms with Gasteiger partial charge in [0, 0.05) is 17.1 Å². The van der Waals surface area contributed by atoms with Crippen LogP contribution in [0.4, 0.5) is 0 Å². The van der Waals surface area contributed by atoms with Crippen LogP contribution < -0.4 is 10.6 Å². The maximum absolute atomic E-state index is 12.3. The standard InChI is InChI=1S/C22H40N2O3/c1-20(2,3)16-10-8-15(9-11-16)19(26)27-14-18(25)23-17-12-21(4,5)24-22(6,7)13-17/h15-17,24H,8-14H2,1-7H3,(H,23,25). The third-order valence-corrected chi connectivity index (χ3v) is 6.19. The van der Waals surface area contributed by atoms with Crippen LogP contribution in [0.25, 0.3) is 0 Å². The Balaban J connectivity index is 1.75. The van der Waals surface area contributed by atoms with E-state index in [1.165, 1.54) is 0 Å². The van der Waals surface area contributed by atoms with E-state index in [4.69, 9.17) is 4.74 Å². The van der Waals surface area contributed by atoms with E-state index >= 15 is 0 Å². The van der Waals surface area contributed by atoms with E-state index in [0.29, 0.717) is 11.3 Å². The van der Waals surface area contributed by atoms with Crippen molar-refractivity contribution in [2.75, 3.05) is 6.61 Å². The average Bonchev–Trinajstić information content (AvgIpc) is 2.48. The van der Waals surface area contributed by atoms with Crippen LogP contribution in [-0.2, 0) is 14.3 Å². The van der Waals surface area contributed by atoms with Gasteiger partial charge in [0.1, 0.15) is 0 Å². The summed E-state index contributed by atoms with van der Waals surface area (Å²) in [5.41, 5.74) is 0.245. The molecule has 0 atom stereocenters. The predicted molar refractivity (Wildman–Crippen MR) is 108 cm³/mol. The molecule has 1 amide bonds. The summed E-state index contributed by atoms with van der Waals surface area (Å²) < 4.78 is 5.34. The molecule has 27 heavy (non-hydrogen) atoms. The number of rotatable bonds is 4. The summed E-state index contributed by atoms with van der Waals surface area (Å²) in [5.74, 6) is 0.221. The summed E-state index contributed by atoms with van der Waals surface area (Å²) in [6.45, 7) is 15.3. The number of esters is 1. The minimum absolute atomic E-state index is 0.0257. The zero-order chi connectivity index (χ0) is 20.5. The largest absolute Gasteiger partial charge is 0.455 e. The Morgan fingerprint density at radius 1 is 1.00 bits per heavy atom. The molecule has 0 unspecified atom stereocenters. The van der Waals surface area contributed by atoms with Gasteiger partial charge in [-0.05, 0) is 77.6 Å². The Bertz CT molecular complexity index is 524. The number of ether oxygens (including phenoxy) is 1. The predicted octanol–water partition coefficient (Wildman–Crippen LogP) is 3.81. The maximum Gasteiger partial charge on any atom is 0.309 e. The number of piperidine rings is 1. The first kappa shape index (κ1) is 22.2. The molecule has 1 aliphatic heterocycles. The van der Waals surface area contributed by atoms with E-state index in [2.05, 4.69) is 59.1 Å². The van der Waals surface area contributed by atoms with Gasteiger partial charge in [-0.1, -0.05) is 20.8 Å². The van der Waals surface area contributed by atoms with Gasteiger partial charge in [0.15, 0.2) is 6.61 Å². The zero-order valence-corrected chi connectivity index (χ0v) is 18.4. The Morgan fingerprint density at radius 3 is 2.00 bits per heavy atom. The minimum atomic E-state index is -0.205. The lowest BCUT2D eigenvalue weighted by Crippen LogP contribution is -2.62. The normalized spacial score (nSPS) is 28.4. The summed E-state index contributed by atoms with van der Waals surface area (Å²) in [6, 6.07) is 0.102. The molecular weight excluding hydrogens is 340 g/mol. The number of hydrogen-bond acceptors (Lipinski definition) is 4. The number of nitrogens with one attached hydrogen (secondary N) is 2. The number of hydrogen-bond donors (Lipinski definition) is 2. The molecule has 1 aliphatic carbocycles. The van der Waals surface area contributed by atoms with Crippen molar-refractivity contribution < 1.29 is 14.3 Å². The molecule has 0 radical (unpaired) electrons. The van der Waals surface area contributed by atoms with Gasteiger partial charge in [-0.3, -0.25) is 9.59 Å². The van der Waals surface area contributed by atoms with E-state index in [-0.39, 0.29) is 41.5 Å². The van der Waals surface area contributed by atoms with Crippen molar-refractivity contribution in [3.63, 3.8) is 0 Å². The fourth-order valence-electron chi connectivity index (χ4n) is 5.14. The van der Waals surface area contributed by atoms with Crippen molar-refractivity contribution in [1.82, 2.24) is 10.6 Å². The van der Waals surface area contributed by atoms with Crippen molar-refractivity contribution >= 4 is 11.9 Å². The molecule has 5 nitrogen and oxygen atoms in total. The highest BCUT2D eigenvalue weighted by atomic mass is 16.5. The maximum atomic E-state index is 12.3. The molecule has 1 heterocycles. The minimum Gasteiger partial charge on any atom is -0.455 e. The van der Waals surface area contributed by atoms with Crippen LogP contribution in [0.5, 0.6) is 0 Å². The Hall–Kier alpha value is -1.10. The molecule has 0 spiro atoms. The summed E-state index contributed by atoms with van der Waals surface area (Å²) >= 11 is 0. The first-order chi connectivity index (χ1) is 12.3. The van der Waals surface area contributed by atoms with Crippen LogP contribution in [0, 0.1) is 17.3 Å². The van der Waals surface area contributed by atoms with E-state index in [1.54, 1.807) is 0 Å². The highest BCUT2D eigenvalue weighted by molar-refractivity contribution is 5.81. The van der Waals surface area contributed by atoms with Gasteiger partial charge in [-0.15, -0.1) is 0 Å². The van der Waals surface area contributed by atoms with Gasteiger partial charge >= 0.3 is 5.97 Å². The topological polar surface area (TPSA) is 67.4 Å². The molecule has 2 aliphatic rings. The molecule has 2 fully saturated rings.